The van der Waals surface area contributed by atoms with Crippen LogP contribution in [0.25, 0.3) is 11.1 Å². The quantitative estimate of drug-likeness (QED) is 0.401. The molecule has 2 aromatic carbocycles. The highest BCUT2D eigenvalue weighted by atomic mass is 32.1. The van der Waals surface area contributed by atoms with Crippen molar-refractivity contribution in [1.82, 2.24) is 20.0 Å². The summed E-state index contributed by atoms with van der Waals surface area (Å²) >= 11 is 1.21. The van der Waals surface area contributed by atoms with E-state index in [4.69, 9.17) is 4.74 Å². The first-order valence-electron chi connectivity index (χ1n) is 10.4. The lowest BCUT2D eigenvalue weighted by atomic mass is 10.0. The van der Waals surface area contributed by atoms with Crippen molar-refractivity contribution in [3.8, 4) is 11.1 Å². The van der Waals surface area contributed by atoms with E-state index in [0.717, 1.165) is 0 Å². The fraction of sp³-hybridized carbons (Fsp3) is 0.261. The van der Waals surface area contributed by atoms with Gasteiger partial charge in [-0.2, -0.15) is 4.37 Å². The molecule has 2 amide bonds. The molecule has 0 aliphatic rings. The summed E-state index contributed by atoms with van der Waals surface area (Å²) in [6, 6.07) is 11.4. The van der Waals surface area contributed by atoms with E-state index in [-0.39, 0.29) is 31.4 Å². The number of likely N-dealkylation sites (N-methyl/N-ethyl adjacent to an activating group) is 1. The van der Waals surface area contributed by atoms with Crippen LogP contribution in [0.5, 0.6) is 0 Å². The summed E-state index contributed by atoms with van der Waals surface area (Å²) in [5, 5.41) is 5.34. The average Bonchev–Trinajstić information content (AvgIpc) is 3.35. The predicted octanol–water partition coefficient (Wildman–Crippen LogP) is 2.39. The smallest absolute Gasteiger partial charge is 0.293 e. The Morgan fingerprint density at radius 2 is 1.97 bits per heavy atom. The number of benzene rings is 2. The van der Waals surface area contributed by atoms with E-state index in [0.29, 0.717) is 34.7 Å². The molecule has 3 aromatic rings. The Morgan fingerprint density at radius 1 is 1.21 bits per heavy atom. The molecule has 3 rings (SSSR count). The van der Waals surface area contributed by atoms with Gasteiger partial charge in [0.1, 0.15) is 17.4 Å². The number of carbonyl (C=O) groups is 3. The molecule has 0 saturated heterocycles. The first-order valence-corrected chi connectivity index (χ1v) is 11.2. The van der Waals surface area contributed by atoms with Crippen molar-refractivity contribution >= 4 is 35.5 Å². The van der Waals surface area contributed by atoms with E-state index in [9.17, 15) is 18.8 Å². The molecule has 0 fully saturated rings. The molecule has 2 N–H and O–H groups in total. The zero-order valence-electron chi connectivity index (χ0n) is 18.7. The Morgan fingerprint density at radius 3 is 2.59 bits per heavy atom. The van der Waals surface area contributed by atoms with Gasteiger partial charge < -0.3 is 20.3 Å². The zero-order chi connectivity index (χ0) is 24.5. The minimum atomic E-state index is -0.584. The van der Waals surface area contributed by atoms with E-state index in [2.05, 4.69) is 20.0 Å². The number of hydrogen-bond acceptors (Lipinski definition) is 8. The van der Waals surface area contributed by atoms with Gasteiger partial charge in [0.25, 0.3) is 12.4 Å². The van der Waals surface area contributed by atoms with Crippen LogP contribution in [-0.2, 0) is 20.9 Å². The van der Waals surface area contributed by atoms with Crippen LogP contribution in [0.1, 0.15) is 23.1 Å². The monoisotopic (exact) mass is 485 g/mol. The minimum Gasteiger partial charge on any atom is -0.461 e. The summed E-state index contributed by atoms with van der Waals surface area (Å²) in [5.74, 6) is -0.408. The Kier molecular flexibility index (Phi) is 8.63. The summed E-state index contributed by atoms with van der Waals surface area (Å²) < 4.78 is 24.0. The first kappa shape index (κ1) is 24.8. The third-order valence-electron chi connectivity index (χ3n) is 4.97. The topological polar surface area (TPSA) is 114 Å². The van der Waals surface area contributed by atoms with Crippen molar-refractivity contribution in [3.05, 3.63) is 65.2 Å². The molecule has 1 aromatic heterocycles. The second kappa shape index (κ2) is 11.8. The Bertz CT molecular complexity index is 1120. The van der Waals surface area contributed by atoms with Crippen molar-refractivity contribution in [2.75, 3.05) is 25.0 Å². The van der Waals surface area contributed by atoms with Crippen LogP contribution in [0, 0.1) is 5.82 Å². The van der Waals surface area contributed by atoms with E-state index in [1.165, 1.54) is 24.5 Å². The van der Waals surface area contributed by atoms with Gasteiger partial charge in [0.05, 0.1) is 19.6 Å². The fourth-order valence-corrected chi connectivity index (χ4v) is 3.66. The third-order valence-corrected chi connectivity index (χ3v) is 5.49. The van der Waals surface area contributed by atoms with Gasteiger partial charge in [-0.15, -0.1) is 0 Å². The summed E-state index contributed by atoms with van der Waals surface area (Å²) in [5.41, 5.74) is 3.62. The zero-order valence-corrected chi connectivity index (χ0v) is 19.5. The molecule has 1 heterocycles. The molecule has 0 radical (unpaired) electrons. The lowest BCUT2D eigenvalue weighted by Gasteiger charge is -2.25. The molecule has 1 atom stereocenters. The van der Waals surface area contributed by atoms with Gasteiger partial charge >= 0.3 is 0 Å². The molecule has 34 heavy (non-hydrogen) atoms. The number of hydrogen-bond donors (Lipinski definition) is 2. The van der Waals surface area contributed by atoms with Gasteiger partial charge in [-0.3, -0.25) is 14.4 Å². The Hall–Kier alpha value is -3.86. The largest absolute Gasteiger partial charge is 0.461 e. The van der Waals surface area contributed by atoms with Crippen LogP contribution in [0.15, 0.2) is 48.0 Å². The number of amides is 2. The number of aromatic nitrogens is 2. The number of anilines is 1. The Labute approximate surface area is 200 Å². The second-order valence-electron chi connectivity index (χ2n) is 7.44. The molecule has 0 aliphatic carbocycles. The molecule has 0 aliphatic heterocycles. The van der Waals surface area contributed by atoms with E-state index < -0.39 is 11.9 Å². The van der Waals surface area contributed by atoms with Crippen LogP contribution < -0.4 is 15.5 Å². The maximum atomic E-state index is 14.9. The normalized spacial score (nSPS) is 11.4. The van der Waals surface area contributed by atoms with Crippen molar-refractivity contribution in [2.45, 2.75) is 19.6 Å². The number of rotatable bonds is 11. The molecule has 1 unspecified atom stereocenters. The van der Waals surface area contributed by atoms with Crippen LogP contribution in [0.2, 0.25) is 0 Å². The highest BCUT2D eigenvalue weighted by Crippen LogP contribution is 2.27. The molecule has 9 nitrogen and oxygen atoms in total. The molecule has 0 bridgehead atoms. The van der Waals surface area contributed by atoms with Crippen LogP contribution in [0.3, 0.4) is 0 Å². The van der Waals surface area contributed by atoms with Gasteiger partial charge in [0.2, 0.25) is 5.91 Å². The molecular weight excluding hydrogens is 461 g/mol. The second-order valence-corrected chi connectivity index (χ2v) is 8.05. The van der Waals surface area contributed by atoms with Gasteiger partial charge in [-0.05, 0) is 47.4 Å². The van der Waals surface area contributed by atoms with Gasteiger partial charge in [0.15, 0.2) is 5.82 Å². The van der Waals surface area contributed by atoms with Crippen LogP contribution in [-0.4, -0.2) is 53.9 Å². The number of nitrogens with zero attached hydrogens (tertiary/aromatic N) is 3. The number of carbonyl (C=O) groups excluding carboxylic acids is 3. The van der Waals surface area contributed by atoms with Crippen molar-refractivity contribution in [2.24, 2.45) is 0 Å². The van der Waals surface area contributed by atoms with Gasteiger partial charge in [-0.1, -0.05) is 12.1 Å². The fourth-order valence-electron chi connectivity index (χ4n) is 3.21. The molecular formula is C23H24FN5O4S. The highest BCUT2D eigenvalue weighted by molar-refractivity contribution is 7.03. The summed E-state index contributed by atoms with van der Waals surface area (Å²) in [6.07, 6.45) is -0.584. The molecule has 0 spiro atoms. The van der Waals surface area contributed by atoms with E-state index >= 15 is 0 Å². The lowest BCUT2D eigenvalue weighted by Crippen LogP contribution is -2.39. The maximum Gasteiger partial charge on any atom is 0.293 e. The third kappa shape index (κ3) is 6.82. The maximum absolute atomic E-state index is 14.9. The summed E-state index contributed by atoms with van der Waals surface area (Å²) in [6.45, 7) is 2.34. The van der Waals surface area contributed by atoms with E-state index in [1.54, 1.807) is 53.9 Å². The van der Waals surface area contributed by atoms with Crippen molar-refractivity contribution in [1.29, 1.82) is 0 Å². The Balaban J connectivity index is 1.64. The minimum absolute atomic E-state index is 0.152. The SMILES string of the molecule is CC(=O)NCC(CN(C)c1ccc(-c2ccc(C(=O)NCc3ncsn3)cc2)c(F)c1)OC=O. The highest BCUT2D eigenvalue weighted by Gasteiger charge is 2.16. The predicted molar refractivity (Wildman–Crippen MR) is 126 cm³/mol. The summed E-state index contributed by atoms with van der Waals surface area (Å²) in [4.78, 5) is 39.9. The number of nitrogens with one attached hydrogen (secondary N) is 2. The molecule has 11 heteroatoms. The standard InChI is InChI=1S/C23H24FN5O4S/c1-15(31)25-10-19(33-14-30)12-29(2)18-7-8-20(21(24)9-18)16-3-5-17(6-4-16)23(32)26-11-22-27-13-34-28-22/h3-9,13-14,19H,10-12H2,1-2H3,(H,25,31)(H,26,32). The van der Waals surface area contributed by atoms with Crippen LogP contribution in [0.4, 0.5) is 10.1 Å². The lowest BCUT2D eigenvalue weighted by molar-refractivity contribution is -0.134. The molecule has 0 saturated carbocycles. The van der Waals surface area contributed by atoms with Crippen molar-refractivity contribution < 1.29 is 23.5 Å². The van der Waals surface area contributed by atoms with Crippen molar-refractivity contribution in [3.63, 3.8) is 0 Å². The van der Waals surface area contributed by atoms with Gasteiger partial charge in [-0.25, -0.2) is 9.37 Å². The number of halogens is 1. The first-order chi connectivity index (χ1) is 16.4. The van der Waals surface area contributed by atoms with E-state index in [1.807, 2.05) is 0 Å². The average molecular weight is 486 g/mol. The summed E-state index contributed by atoms with van der Waals surface area (Å²) in [7, 11) is 1.73. The van der Waals surface area contributed by atoms with Crippen LogP contribution >= 0.6 is 11.5 Å². The van der Waals surface area contributed by atoms with Gasteiger partial charge in [0, 0.05) is 30.8 Å². The molecule has 178 valence electrons. The number of ether oxygens (including phenoxy) is 1.